The zero-order chi connectivity index (χ0) is 23.2. The highest BCUT2D eigenvalue weighted by Gasteiger charge is 2.27. The van der Waals surface area contributed by atoms with Gasteiger partial charge in [0.25, 0.3) is 0 Å². The van der Waals surface area contributed by atoms with E-state index in [4.69, 9.17) is 15.0 Å². The summed E-state index contributed by atoms with van der Waals surface area (Å²) in [6, 6.07) is 21.6. The minimum Gasteiger partial charge on any atom is -0.355 e. The van der Waals surface area contributed by atoms with Crippen molar-refractivity contribution < 1.29 is 0 Å². The summed E-state index contributed by atoms with van der Waals surface area (Å²) in [5.41, 5.74) is 7.82. The van der Waals surface area contributed by atoms with Gasteiger partial charge < -0.3 is 4.90 Å². The van der Waals surface area contributed by atoms with Gasteiger partial charge in [-0.05, 0) is 61.1 Å². The average molecular weight is 477 g/mol. The number of fused-ring (bicyclic) bond motifs is 5. The number of aromatic nitrogens is 3. The minimum absolute atomic E-state index is 0.742. The fraction of sp³-hybridized carbons (Fsp3) is 0.300. The highest BCUT2D eigenvalue weighted by molar-refractivity contribution is 7.26. The van der Waals surface area contributed by atoms with Crippen LogP contribution in [0.25, 0.3) is 31.7 Å². The van der Waals surface area contributed by atoms with Crippen molar-refractivity contribution in [3.05, 3.63) is 83.7 Å². The maximum absolute atomic E-state index is 5.23. The molecule has 35 heavy (non-hydrogen) atoms. The Morgan fingerprint density at radius 3 is 2.40 bits per heavy atom. The Kier molecular flexibility index (Phi) is 5.24. The molecule has 174 valence electrons. The first-order chi connectivity index (χ1) is 17.3. The summed E-state index contributed by atoms with van der Waals surface area (Å²) in [6.07, 6.45) is 8.77. The van der Waals surface area contributed by atoms with Crippen molar-refractivity contribution in [2.75, 3.05) is 18.0 Å². The third-order valence-electron chi connectivity index (χ3n) is 7.78. The highest BCUT2D eigenvalue weighted by atomic mass is 32.1. The summed E-state index contributed by atoms with van der Waals surface area (Å²) < 4.78 is 1.20. The number of hydrogen-bond acceptors (Lipinski definition) is 5. The van der Waals surface area contributed by atoms with E-state index < -0.39 is 0 Å². The summed E-state index contributed by atoms with van der Waals surface area (Å²) in [7, 11) is 0. The van der Waals surface area contributed by atoms with Crippen LogP contribution >= 0.6 is 11.3 Å². The molecule has 1 saturated heterocycles. The molecule has 1 aliphatic heterocycles. The number of hydrogen-bond donors (Lipinski definition) is 0. The molecule has 2 aliphatic rings. The predicted molar refractivity (Wildman–Crippen MR) is 145 cm³/mol. The molecule has 0 N–H and O–H groups in total. The topological polar surface area (TPSA) is 41.9 Å². The summed E-state index contributed by atoms with van der Waals surface area (Å²) in [4.78, 5) is 18.4. The van der Waals surface area contributed by atoms with Gasteiger partial charge in [0.05, 0.1) is 15.9 Å². The van der Waals surface area contributed by atoms with Crippen molar-refractivity contribution in [2.24, 2.45) is 5.92 Å². The first-order valence-corrected chi connectivity index (χ1v) is 13.6. The lowest BCUT2D eigenvalue weighted by Gasteiger charge is -2.33. The lowest BCUT2D eigenvalue weighted by Crippen LogP contribution is -2.34. The Morgan fingerprint density at radius 2 is 1.60 bits per heavy atom. The van der Waals surface area contributed by atoms with Gasteiger partial charge in [0.1, 0.15) is 17.0 Å². The Labute approximate surface area is 209 Å². The normalized spacial score (nSPS) is 16.3. The Hall–Kier alpha value is -3.31. The van der Waals surface area contributed by atoms with E-state index in [1.54, 1.807) is 17.7 Å². The van der Waals surface area contributed by atoms with Crippen LogP contribution in [0.5, 0.6) is 0 Å². The van der Waals surface area contributed by atoms with E-state index in [9.17, 15) is 0 Å². The summed E-state index contributed by atoms with van der Waals surface area (Å²) in [5.74, 6) is 1.84. The monoisotopic (exact) mass is 476 g/mol. The van der Waals surface area contributed by atoms with Crippen LogP contribution in [-0.2, 0) is 19.3 Å². The van der Waals surface area contributed by atoms with Crippen molar-refractivity contribution in [3.63, 3.8) is 0 Å². The summed E-state index contributed by atoms with van der Waals surface area (Å²) in [5, 5.41) is 1.28. The predicted octanol–water partition coefficient (Wildman–Crippen LogP) is 6.85. The molecule has 0 saturated carbocycles. The molecule has 4 heterocycles. The van der Waals surface area contributed by atoms with Gasteiger partial charge in [-0.25, -0.2) is 15.0 Å². The van der Waals surface area contributed by atoms with E-state index in [1.807, 2.05) is 0 Å². The van der Waals surface area contributed by atoms with Crippen LogP contribution in [0.15, 0.2) is 67.0 Å². The quantitative estimate of drug-likeness (QED) is 0.284. The van der Waals surface area contributed by atoms with Crippen molar-refractivity contribution in [1.82, 2.24) is 15.0 Å². The van der Waals surface area contributed by atoms with Crippen molar-refractivity contribution in [2.45, 2.75) is 38.5 Å². The van der Waals surface area contributed by atoms with E-state index in [-0.39, 0.29) is 0 Å². The number of benzene rings is 2. The van der Waals surface area contributed by atoms with Gasteiger partial charge in [-0.3, -0.25) is 0 Å². The third kappa shape index (κ3) is 3.69. The zero-order valence-electron chi connectivity index (χ0n) is 19.8. The van der Waals surface area contributed by atoms with Crippen LogP contribution in [0, 0.1) is 5.92 Å². The van der Waals surface area contributed by atoms with Crippen molar-refractivity contribution >= 4 is 37.6 Å². The Bertz CT molecular complexity index is 1500. The molecule has 0 amide bonds. The maximum Gasteiger partial charge on any atom is 0.150 e. The molecule has 0 radical (unpaired) electrons. The van der Waals surface area contributed by atoms with E-state index in [0.29, 0.717) is 0 Å². The lowest BCUT2D eigenvalue weighted by atomic mass is 9.90. The number of nitrogens with zero attached hydrogens (tertiary/aromatic N) is 4. The van der Waals surface area contributed by atoms with Gasteiger partial charge >= 0.3 is 0 Å². The van der Waals surface area contributed by atoms with Crippen molar-refractivity contribution in [1.29, 1.82) is 0 Å². The van der Waals surface area contributed by atoms with E-state index >= 15 is 0 Å². The van der Waals surface area contributed by atoms with Crippen LogP contribution in [0.2, 0.25) is 0 Å². The fourth-order valence-corrected chi connectivity index (χ4v) is 7.22. The number of thiophene rings is 1. The lowest BCUT2D eigenvalue weighted by molar-refractivity contribution is 0.403. The largest absolute Gasteiger partial charge is 0.355 e. The van der Waals surface area contributed by atoms with Crippen LogP contribution in [-0.4, -0.2) is 28.0 Å². The number of rotatable bonds is 4. The second kappa shape index (κ2) is 8.72. The smallest absolute Gasteiger partial charge is 0.150 e. The van der Waals surface area contributed by atoms with Gasteiger partial charge in [-0.15, -0.1) is 11.3 Å². The summed E-state index contributed by atoms with van der Waals surface area (Å²) >= 11 is 1.78. The molecular weight excluding hydrogens is 448 g/mol. The van der Waals surface area contributed by atoms with Gasteiger partial charge in [-0.1, -0.05) is 60.7 Å². The molecule has 0 unspecified atom stereocenters. The molecule has 0 atom stereocenters. The molecule has 2 aromatic carbocycles. The van der Waals surface area contributed by atoms with Gasteiger partial charge in [-0.2, -0.15) is 0 Å². The second-order valence-corrected chi connectivity index (χ2v) is 10.9. The molecule has 4 nitrogen and oxygen atoms in total. The SMILES string of the molecule is c1ccc(CC2CCN(c3ncnc4c3sc3nc(-c5ccccc5)c5c(c34)CCC5)CC2)cc1. The number of anilines is 1. The van der Waals surface area contributed by atoms with E-state index in [1.165, 1.54) is 58.0 Å². The average Bonchev–Trinajstić information content (AvgIpc) is 3.54. The van der Waals surface area contributed by atoms with E-state index in [2.05, 4.69) is 65.6 Å². The number of aryl methyl sites for hydroxylation is 1. The zero-order valence-corrected chi connectivity index (χ0v) is 20.6. The number of pyridine rings is 1. The van der Waals surface area contributed by atoms with Crippen molar-refractivity contribution in [3.8, 4) is 11.3 Å². The molecule has 0 spiro atoms. The van der Waals surface area contributed by atoms with Gasteiger partial charge in [0.2, 0.25) is 0 Å². The van der Waals surface area contributed by atoms with Gasteiger partial charge in [0, 0.05) is 24.0 Å². The first kappa shape index (κ1) is 21.0. The van der Waals surface area contributed by atoms with Gasteiger partial charge in [0.15, 0.2) is 0 Å². The van der Waals surface area contributed by atoms with Crippen LogP contribution in [0.4, 0.5) is 5.82 Å². The maximum atomic E-state index is 5.23. The molecule has 1 aliphatic carbocycles. The standard InChI is InChI=1S/C30H28N4S/c1-3-8-20(9-4-1)18-21-14-16-34(17-15-21)29-28-27(31-19-32-29)25-23-12-7-13-24(23)26(33-30(25)35-28)22-10-5-2-6-11-22/h1-6,8-11,19,21H,7,12-18H2. The van der Waals surface area contributed by atoms with Crippen LogP contribution in [0.1, 0.15) is 36.0 Å². The molecule has 5 aromatic rings. The Balaban J connectivity index is 1.25. The molecule has 0 bridgehead atoms. The first-order valence-electron chi connectivity index (χ1n) is 12.8. The highest BCUT2D eigenvalue weighted by Crippen LogP contribution is 2.44. The molecule has 5 heteroatoms. The summed E-state index contributed by atoms with van der Waals surface area (Å²) in [6.45, 7) is 2.11. The molecule has 7 rings (SSSR count). The minimum atomic E-state index is 0.742. The van der Waals surface area contributed by atoms with Crippen LogP contribution in [0.3, 0.4) is 0 Å². The second-order valence-electron chi connectivity index (χ2n) is 9.91. The molecule has 1 fully saturated rings. The third-order valence-corrected chi connectivity index (χ3v) is 8.85. The Morgan fingerprint density at radius 1 is 0.857 bits per heavy atom. The molecular formula is C30H28N4S. The molecule has 3 aromatic heterocycles. The fourth-order valence-electron chi connectivity index (χ4n) is 6.04. The number of piperidine rings is 1. The van der Waals surface area contributed by atoms with E-state index in [0.717, 1.165) is 53.7 Å². The van der Waals surface area contributed by atoms with Crippen LogP contribution < -0.4 is 4.90 Å².